The maximum absolute atomic E-state index is 4.26. The molecule has 0 bridgehead atoms. The van der Waals surface area contributed by atoms with Gasteiger partial charge in [0.25, 0.3) is 0 Å². The number of nitrogens with zero attached hydrogens (tertiary/aromatic N) is 5. The highest BCUT2D eigenvalue weighted by Gasteiger charge is 2.13. The first-order valence-electron chi connectivity index (χ1n) is 6.57. The first kappa shape index (κ1) is 11.9. The van der Waals surface area contributed by atoms with E-state index < -0.39 is 0 Å². The highest BCUT2D eigenvalue weighted by Crippen LogP contribution is 2.24. The van der Waals surface area contributed by atoms with Gasteiger partial charge in [0, 0.05) is 18.8 Å². The van der Waals surface area contributed by atoms with Crippen molar-refractivity contribution in [1.82, 2.24) is 14.9 Å². The zero-order chi connectivity index (χ0) is 13.1. The van der Waals surface area contributed by atoms with Crippen molar-refractivity contribution < 1.29 is 0 Å². The van der Waals surface area contributed by atoms with Gasteiger partial charge in [-0.25, -0.2) is 4.68 Å². The van der Waals surface area contributed by atoms with Gasteiger partial charge in [-0.05, 0) is 43.0 Å². The second-order valence-electron chi connectivity index (χ2n) is 4.83. The van der Waals surface area contributed by atoms with Crippen LogP contribution in [0.4, 0.5) is 5.69 Å². The van der Waals surface area contributed by atoms with Gasteiger partial charge in [-0.3, -0.25) is 0 Å². The minimum atomic E-state index is 1.09. The van der Waals surface area contributed by atoms with Gasteiger partial charge >= 0.3 is 0 Å². The number of hydrogen-bond acceptors (Lipinski definition) is 4. The Morgan fingerprint density at radius 2 is 1.89 bits per heavy atom. The highest BCUT2D eigenvalue weighted by molar-refractivity contribution is 5.81. The lowest BCUT2D eigenvalue weighted by atomic mass is 10.1. The summed E-state index contributed by atoms with van der Waals surface area (Å²) in [6.07, 6.45) is 7.57. The Morgan fingerprint density at radius 3 is 2.58 bits per heavy atom. The Morgan fingerprint density at radius 1 is 1.16 bits per heavy atom. The van der Waals surface area contributed by atoms with Crippen LogP contribution < -0.4 is 4.90 Å². The Hall–Kier alpha value is -2.17. The SMILES string of the molecule is Cc1cc(/C=N/n2cnnc2)ccc1N1CCCC1. The molecule has 1 fully saturated rings. The van der Waals surface area contributed by atoms with Crippen LogP contribution in [0.25, 0.3) is 0 Å². The van der Waals surface area contributed by atoms with Gasteiger partial charge in [-0.1, -0.05) is 6.07 Å². The minimum Gasteiger partial charge on any atom is -0.371 e. The number of rotatable bonds is 3. The van der Waals surface area contributed by atoms with Gasteiger partial charge < -0.3 is 4.90 Å². The summed E-state index contributed by atoms with van der Waals surface area (Å²) in [7, 11) is 0. The monoisotopic (exact) mass is 255 g/mol. The van der Waals surface area contributed by atoms with E-state index in [9.17, 15) is 0 Å². The van der Waals surface area contributed by atoms with Gasteiger partial charge in [-0.15, -0.1) is 10.2 Å². The molecule has 0 spiro atoms. The van der Waals surface area contributed by atoms with Crippen molar-refractivity contribution in [2.45, 2.75) is 19.8 Å². The molecule has 0 aliphatic carbocycles. The lowest BCUT2D eigenvalue weighted by Gasteiger charge is -2.20. The third kappa shape index (κ3) is 2.65. The number of benzene rings is 1. The average molecular weight is 255 g/mol. The topological polar surface area (TPSA) is 46.3 Å². The summed E-state index contributed by atoms with van der Waals surface area (Å²) in [6.45, 7) is 4.51. The molecule has 2 heterocycles. The molecule has 1 aromatic heterocycles. The van der Waals surface area contributed by atoms with E-state index >= 15 is 0 Å². The lowest BCUT2D eigenvalue weighted by molar-refractivity contribution is 0.878. The summed E-state index contributed by atoms with van der Waals surface area (Å²) in [5, 5.41) is 11.7. The summed E-state index contributed by atoms with van der Waals surface area (Å²) < 4.78 is 1.59. The molecular weight excluding hydrogens is 238 g/mol. The van der Waals surface area contributed by atoms with E-state index in [1.54, 1.807) is 17.3 Å². The van der Waals surface area contributed by atoms with Crippen LogP contribution in [0, 0.1) is 6.92 Å². The standard InChI is InChI=1S/C14H17N5/c1-12-8-13(9-17-19-10-15-16-11-19)4-5-14(12)18-6-2-3-7-18/h4-5,8-11H,2-3,6-7H2,1H3/b17-9+. The molecule has 2 aromatic rings. The third-order valence-electron chi connectivity index (χ3n) is 3.41. The average Bonchev–Trinajstić information content (AvgIpc) is 3.10. The molecule has 0 saturated carbocycles. The van der Waals surface area contributed by atoms with Crippen molar-refractivity contribution >= 4 is 11.9 Å². The van der Waals surface area contributed by atoms with Crippen molar-refractivity contribution in [2.75, 3.05) is 18.0 Å². The Kier molecular flexibility index (Phi) is 3.27. The second-order valence-corrected chi connectivity index (χ2v) is 4.83. The minimum absolute atomic E-state index is 1.09. The van der Waals surface area contributed by atoms with E-state index in [2.05, 4.69) is 45.3 Å². The summed E-state index contributed by atoms with van der Waals surface area (Å²) in [4.78, 5) is 2.45. The zero-order valence-corrected chi connectivity index (χ0v) is 11.0. The molecule has 0 unspecified atom stereocenters. The highest BCUT2D eigenvalue weighted by atomic mass is 15.4. The summed E-state index contributed by atoms with van der Waals surface area (Å²) >= 11 is 0. The molecule has 0 amide bonds. The first-order chi connectivity index (χ1) is 9.33. The summed E-state index contributed by atoms with van der Waals surface area (Å²) in [5.74, 6) is 0. The van der Waals surface area contributed by atoms with Crippen LogP contribution in [0.2, 0.25) is 0 Å². The Bertz CT molecular complexity index is 568. The molecule has 0 N–H and O–H groups in total. The molecule has 0 atom stereocenters. The van der Waals surface area contributed by atoms with E-state index in [-0.39, 0.29) is 0 Å². The van der Waals surface area contributed by atoms with Crippen molar-refractivity contribution in [2.24, 2.45) is 5.10 Å². The maximum atomic E-state index is 4.26. The number of aromatic nitrogens is 3. The molecular formula is C14H17N5. The fraction of sp³-hybridized carbons (Fsp3) is 0.357. The fourth-order valence-electron chi connectivity index (χ4n) is 2.46. The lowest BCUT2D eigenvalue weighted by Crippen LogP contribution is -2.18. The first-order valence-corrected chi connectivity index (χ1v) is 6.57. The van der Waals surface area contributed by atoms with E-state index in [0.29, 0.717) is 0 Å². The van der Waals surface area contributed by atoms with E-state index in [1.165, 1.54) is 37.2 Å². The molecule has 1 saturated heterocycles. The Labute approximate surface area is 112 Å². The van der Waals surface area contributed by atoms with Crippen molar-refractivity contribution in [3.63, 3.8) is 0 Å². The maximum Gasteiger partial charge on any atom is 0.141 e. The van der Waals surface area contributed by atoms with Crippen LogP contribution in [0.5, 0.6) is 0 Å². The predicted octanol–water partition coefficient (Wildman–Crippen LogP) is 2.07. The van der Waals surface area contributed by atoms with Crippen molar-refractivity contribution in [3.8, 4) is 0 Å². The van der Waals surface area contributed by atoms with Crippen molar-refractivity contribution in [1.29, 1.82) is 0 Å². The largest absolute Gasteiger partial charge is 0.371 e. The van der Waals surface area contributed by atoms with E-state index in [1.807, 2.05) is 6.21 Å². The van der Waals surface area contributed by atoms with Crippen LogP contribution in [-0.2, 0) is 0 Å². The van der Waals surface area contributed by atoms with Crippen LogP contribution in [0.1, 0.15) is 24.0 Å². The zero-order valence-electron chi connectivity index (χ0n) is 11.0. The smallest absolute Gasteiger partial charge is 0.141 e. The van der Waals surface area contributed by atoms with Gasteiger partial charge in [-0.2, -0.15) is 5.10 Å². The van der Waals surface area contributed by atoms with Crippen LogP contribution >= 0.6 is 0 Å². The van der Waals surface area contributed by atoms with Gasteiger partial charge in [0.2, 0.25) is 0 Å². The van der Waals surface area contributed by atoms with Crippen molar-refractivity contribution in [3.05, 3.63) is 42.0 Å². The van der Waals surface area contributed by atoms with Crippen LogP contribution in [0.3, 0.4) is 0 Å². The van der Waals surface area contributed by atoms with Gasteiger partial charge in [0.05, 0.1) is 6.21 Å². The molecule has 0 radical (unpaired) electrons. The van der Waals surface area contributed by atoms with Gasteiger partial charge in [0.1, 0.15) is 12.7 Å². The summed E-state index contributed by atoms with van der Waals surface area (Å²) in [6, 6.07) is 6.46. The quantitative estimate of drug-likeness (QED) is 0.789. The number of aryl methyl sites for hydroxylation is 1. The number of anilines is 1. The molecule has 98 valence electrons. The third-order valence-corrected chi connectivity index (χ3v) is 3.41. The molecule has 1 aliphatic heterocycles. The molecule has 1 aliphatic rings. The molecule has 5 nitrogen and oxygen atoms in total. The molecule has 5 heteroatoms. The van der Waals surface area contributed by atoms with E-state index in [0.717, 1.165) is 5.56 Å². The van der Waals surface area contributed by atoms with E-state index in [4.69, 9.17) is 0 Å². The summed E-state index contributed by atoms with van der Waals surface area (Å²) in [5.41, 5.74) is 3.74. The molecule has 1 aromatic carbocycles. The van der Waals surface area contributed by atoms with Crippen LogP contribution in [0.15, 0.2) is 36.0 Å². The van der Waals surface area contributed by atoms with Gasteiger partial charge in [0.15, 0.2) is 0 Å². The van der Waals surface area contributed by atoms with Crippen LogP contribution in [-0.4, -0.2) is 34.2 Å². The molecule has 3 rings (SSSR count). The molecule has 19 heavy (non-hydrogen) atoms. The number of hydrogen-bond donors (Lipinski definition) is 0. The second kappa shape index (κ2) is 5.22. The Balaban J connectivity index is 1.79. The fourth-order valence-corrected chi connectivity index (χ4v) is 2.46. The normalized spacial score (nSPS) is 15.5. The predicted molar refractivity (Wildman–Crippen MR) is 75.6 cm³/mol.